The van der Waals surface area contributed by atoms with Gasteiger partial charge in [-0.1, -0.05) is 46.3 Å². The molecule has 6 atom stereocenters. The van der Waals surface area contributed by atoms with Crippen molar-refractivity contribution < 1.29 is 23.9 Å². The van der Waals surface area contributed by atoms with Gasteiger partial charge in [-0.2, -0.15) is 0 Å². The zero-order valence-corrected chi connectivity index (χ0v) is 19.6. The van der Waals surface area contributed by atoms with Gasteiger partial charge in [0.1, 0.15) is 12.2 Å². The van der Waals surface area contributed by atoms with Crippen LogP contribution >= 0.6 is 0 Å². The summed E-state index contributed by atoms with van der Waals surface area (Å²) in [6, 6.07) is 0. The average Bonchev–Trinajstić information content (AvgIpc) is 2.72. The molecule has 0 saturated heterocycles. The molecule has 0 radical (unpaired) electrons. The number of fused-ring (bicyclic) bond motifs is 3. The van der Waals surface area contributed by atoms with E-state index < -0.39 is 23.0 Å². The summed E-state index contributed by atoms with van der Waals surface area (Å²) in [6.07, 6.45) is 3.34. The van der Waals surface area contributed by atoms with E-state index in [1.54, 1.807) is 26.0 Å². The minimum atomic E-state index is -0.465. The van der Waals surface area contributed by atoms with Crippen LogP contribution in [0.2, 0.25) is 0 Å². The minimum absolute atomic E-state index is 0.0671. The van der Waals surface area contributed by atoms with Crippen LogP contribution in [0.4, 0.5) is 0 Å². The van der Waals surface area contributed by atoms with Crippen LogP contribution in [0.25, 0.3) is 0 Å². The van der Waals surface area contributed by atoms with Gasteiger partial charge in [-0.3, -0.25) is 9.59 Å². The summed E-state index contributed by atoms with van der Waals surface area (Å²) in [4.78, 5) is 38.3. The quantitative estimate of drug-likeness (QED) is 0.482. The highest BCUT2D eigenvalue weighted by atomic mass is 16.6. The first-order valence-electron chi connectivity index (χ1n) is 11.1. The van der Waals surface area contributed by atoms with Crippen LogP contribution in [0.1, 0.15) is 68.2 Å². The first kappa shape index (κ1) is 22.8. The highest BCUT2D eigenvalue weighted by Gasteiger charge is 2.74. The fourth-order valence-corrected chi connectivity index (χ4v) is 6.18. The predicted molar refractivity (Wildman–Crippen MR) is 114 cm³/mol. The fraction of sp³-hybridized carbons (Fsp3) is 0.720. The fourth-order valence-electron chi connectivity index (χ4n) is 6.18. The monoisotopic (exact) mass is 416 g/mol. The summed E-state index contributed by atoms with van der Waals surface area (Å²) in [5.41, 5.74) is 0.725. The maximum Gasteiger partial charge on any atom is 0.333 e. The van der Waals surface area contributed by atoms with E-state index in [0.29, 0.717) is 18.4 Å². The Morgan fingerprint density at radius 1 is 1.17 bits per heavy atom. The molecule has 0 aromatic heterocycles. The van der Waals surface area contributed by atoms with E-state index in [-0.39, 0.29) is 41.4 Å². The highest BCUT2D eigenvalue weighted by molar-refractivity contribution is 5.97. The minimum Gasteiger partial charge on any atom is -0.462 e. The number of ether oxygens (including phenoxy) is 2. The van der Waals surface area contributed by atoms with E-state index in [0.717, 1.165) is 5.57 Å². The van der Waals surface area contributed by atoms with Gasteiger partial charge >= 0.3 is 11.9 Å². The molecule has 0 aliphatic heterocycles. The van der Waals surface area contributed by atoms with Crippen molar-refractivity contribution in [2.24, 2.45) is 34.5 Å². The molecule has 0 spiro atoms. The third-order valence-corrected chi connectivity index (χ3v) is 7.89. The maximum absolute atomic E-state index is 13.1. The standard InChI is InChI=1S/C25H36O5/c1-9-14(4)23(28)30-17-12-18(29-19(27)10-13(2)3)25(8)20-15(5)11-16(26)21(25)22(20)24(17,6)7/h9,11,13,17-18,20-22H,10,12H2,1-8H3/b14-9-/t17-,18-,20?,21?,22?,25?/m1/s1. The van der Waals surface area contributed by atoms with Gasteiger partial charge in [0.2, 0.25) is 0 Å². The second-order valence-corrected chi connectivity index (χ2v) is 10.6. The molecule has 4 aliphatic rings. The predicted octanol–water partition coefficient (Wildman–Crippen LogP) is 4.65. The van der Waals surface area contributed by atoms with Gasteiger partial charge < -0.3 is 9.47 Å². The van der Waals surface area contributed by atoms with E-state index in [4.69, 9.17) is 9.47 Å². The van der Waals surface area contributed by atoms with E-state index in [9.17, 15) is 14.4 Å². The molecule has 0 heterocycles. The molecule has 5 nitrogen and oxygen atoms in total. The number of hydrogen-bond acceptors (Lipinski definition) is 5. The number of carbonyl (C=O) groups is 3. The van der Waals surface area contributed by atoms with Crippen LogP contribution in [0.5, 0.6) is 0 Å². The van der Waals surface area contributed by atoms with Gasteiger partial charge in [-0.05, 0) is 44.6 Å². The lowest BCUT2D eigenvalue weighted by Gasteiger charge is -2.65. The lowest BCUT2D eigenvalue weighted by Crippen LogP contribution is -2.67. The number of carbonyl (C=O) groups excluding carboxylic acids is 3. The van der Waals surface area contributed by atoms with Crippen molar-refractivity contribution in [3.05, 3.63) is 23.3 Å². The Kier molecular flexibility index (Phi) is 5.81. The number of rotatable bonds is 5. The molecule has 4 rings (SSSR count). The molecule has 0 aromatic rings. The number of esters is 2. The molecule has 3 saturated carbocycles. The van der Waals surface area contributed by atoms with Crippen molar-refractivity contribution in [3.63, 3.8) is 0 Å². The van der Waals surface area contributed by atoms with Crippen molar-refractivity contribution in [2.45, 2.75) is 80.4 Å². The molecule has 4 aliphatic carbocycles. The Balaban J connectivity index is 2.02. The Labute approximate surface area is 180 Å². The number of ketones is 1. The maximum atomic E-state index is 13.1. The van der Waals surface area contributed by atoms with Crippen molar-refractivity contribution in [3.8, 4) is 0 Å². The van der Waals surface area contributed by atoms with Crippen molar-refractivity contribution in [1.82, 2.24) is 0 Å². The third kappa shape index (κ3) is 3.34. The molecular formula is C25H36O5. The molecule has 30 heavy (non-hydrogen) atoms. The number of allylic oxidation sites excluding steroid dienone is 3. The largest absolute Gasteiger partial charge is 0.462 e. The summed E-state index contributed by atoms with van der Waals surface area (Å²) in [5, 5.41) is 0. The molecule has 3 fully saturated rings. The topological polar surface area (TPSA) is 69.7 Å². The van der Waals surface area contributed by atoms with E-state index in [1.165, 1.54) is 0 Å². The van der Waals surface area contributed by atoms with Crippen LogP contribution in [-0.2, 0) is 23.9 Å². The Morgan fingerprint density at radius 2 is 1.80 bits per heavy atom. The normalized spacial score (nSPS) is 37.1. The van der Waals surface area contributed by atoms with Gasteiger partial charge in [-0.15, -0.1) is 0 Å². The van der Waals surface area contributed by atoms with Crippen LogP contribution in [0, 0.1) is 34.5 Å². The van der Waals surface area contributed by atoms with Crippen LogP contribution in [0.15, 0.2) is 23.3 Å². The van der Waals surface area contributed by atoms with Gasteiger partial charge in [0.25, 0.3) is 0 Å². The van der Waals surface area contributed by atoms with Crippen LogP contribution in [0.3, 0.4) is 0 Å². The van der Waals surface area contributed by atoms with Gasteiger partial charge in [0.15, 0.2) is 5.78 Å². The second kappa shape index (κ2) is 7.65. The van der Waals surface area contributed by atoms with Crippen LogP contribution < -0.4 is 0 Å². The zero-order valence-electron chi connectivity index (χ0n) is 19.6. The lowest BCUT2D eigenvalue weighted by atomic mass is 9.37. The van der Waals surface area contributed by atoms with Crippen molar-refractivity contribution >= 4 is 17.7 Å². The smallest absolute Gasteiger partial charge is 0.333 e. The molecule has 0 aromatic carbocycles. The molecule has 4 bridgehead atoms. The van der Waals surface area contributed by atoms with E-state index in [1.807, 2.05) is 20.8 Å². The van der Waals surface area contributed by atoms with Gasteiger partial charge in [0, 0.05) is 35.2 Å². The third-order valence-electron chi connectivity index (χ3n) is 7.89. The Morgan fingerprint density at radius 3 is 2.33 bits per heavy atom. The second-order valence-electron chi connectivity index (χ2n) is 10.6. The number of hydrogen-bond donors (Lipinski definition) is 0. The molecule has 5 heteroatoms. The molecule has 0 N–H and O–H groups in total. The highest BCUT2D eigenvalue weighted by Crippen LogP contribution is 2.72. The van der Waals surface area contributed by atoms with Gasteiger partial charge in [-0.25, -0.2) is 4.79 Å². The SMILES string of the molecule is C/C=C(/C)C(=O)O[C@@H]1C[C@@H](OC(=O)CC(C)C)C2(C)C3C(=O)C=C(C)C2C3C1(C)C. The molecular weight excluding hydrogens is 380 g/mol. The first-order valence-corrected chi connectivity index (χ1v) is 11.1. The summed E-state index contributed by atoms with van der Waals surface area (Å²) < 4.78 is 12.0. The average molecular weight is 417 g/mol. The van der Waals surface area contributed by atoms with Crippen molar-refractivity contribution in [2.75, 3.05) is 0 Å². The molecule has 166 valence electrons. The Bertz CT molecular complexity index is 817. The summed E-state index contributed by atoms with van der Waals surface area (Å²) in [6.45, 7) is 15.8. The van der Waals surface area contributed by atoms with Crippen LogP contribution in [-0.4, -0.2) is 29.9 Å². The van der Waals surface area contributed by atoms with E-state index >= 15 is 0 Å². The Hall–Kier alpha value is -1.91. The summed E-state index contributed by atoms with van der Waals surface area (Å²) in [5.74, 6) is -0.315. The first-order chi connectivity index (χ1) is 13.8. The van der Waals surface area contributed by atoms with Gasteiger partial charge in [0.05, 0.1) is 0 Å². The summed E-state index contributed by atoms with van der Waals surface area (Å²) >= 11 is 0. The lowest BCUT2D eigenvalue weighted by molar-refractivity contribution is -0.204. The van der Waals surface area contributed by atoms with E-state index in [2.05, 4.69) is 20.8 Å². The van der Waals surface area contributed by atoms with Crippen molar-refractivity contribution in [1.29, 1.82) is 0 Å². The zero-order chi connectivity index (χ0) is 22.6. The summed E-state index contributed by atoms with van der Waals surface area (Å²) in [7, 11) is 0. The molecule has 0 amide bonds. The molecule has 4 unspecified atom stereocenters.